The molecule has 1 N–H and O–H groups in total. The molecule has 0 fully saturated rings. The van der Waals surface area contributed by atoms with Gasteiger partial charge in [-0.2, -0.15) is 0 Å². The van der Waals surface area contributed by atoms with Crippen LogP contribution in [0.25, 0.3) is 0 Å². The van der Waals surface area contributed by atoms with E-state index in [9.17, 15) is 0 Å². The van der Waals surface area contributed by atoms with Gasteiger partial charge in [0.05, 0.1) is 19.9 Å². The molecule has 6 heteroatoms. The molecule has 0 aliphatic heterocycles. The Bertz CT molecular complexity index is 453. The average molecular weight is 293 g/mol. The summed E-state index contributed by atoms with van der Waals surface area (Å²) in [6.45, 7) is 2.81. The molecule has 2 aromatic heterocycles. The lowest BCUT2D eigenvalue weighted by Crippen LogP contribution is -2.17. The van der Waals surface area contributed by atoms with Crippen LogP contribution in [0.1, 0.15) is 24.2 Å². The van der Waals surface area contributed by atoms with E-state index in [-0.39, 0.29) is 6.04 Å². The molecule has 0 bridgehead atoms. The van der Waals surface area contributed by atoms with Crippen LogP contribution >= 0.6 is 45.9 Å². The van der Waals surface area contributed by atoms with Crippen molar-refractivity contribution in [2.45, 2.75) is 19.5 Å². The molecule has 0 aromatic carbocycles. The number of hydrogen-bond donors (Lipinski definition) is 1. The molecule has 0 saturated carbocycles. The van der Waals surface area contributed by atoms with Crippen molar-refractivity contribution in [3.8, 4) is 0 Å². The zero-order chi connectivity index (χ0) is 11.5. The van der Waals surface area contributed by atoms with Gasteiger partial charge in [0, 0.05) is 18.0 Å². The lowest BCUT2D eigenvalue weighted by Gasteiger charge is -2.11. The Balaban J connectivity index is 1.98. The highest BCUT2D eigenvalue weighted by molar-refractivity contribution is 7.20. The summed E-state index contributed by atoms with van der Waals surface area (Å²) >= 11 is 15.0. The molecule has 16 heavy (non-hydrogen) atoms. The molecule has 0 radical (unpaired) electrons. The summed E-state index contributed by atoms with van der Waals surface area (Å²) in [4.78, 5) is 4.21. The second-order valence-electron chi connectivity index (χ2n) is 3.36. The van der Waals surface area contributed by atoms with Gasteiger partial charge in [-0.05, 0) is 18.6 Å². The molecule has 1 atom stereocenters. The molecular weight excluding hydrogens is 283 g/mol. The number of rotatable bonds is 4. The zero-order valence-corrected chi connectivity index (χ0v) is 11.7. The first kappa shape index (κ1) is 12.3. The van der Waals surface area contributed by atoms with Gasteiger partial charge < -0.3 is 5.32 Å². The van der Waals surface area contributed by atoms with E-state index in [1.54, 1.807) is 11.3 Å². The molecular formula is C10H10Cl2N2S2. The third-order valence-electron chi connectivity index (χ3n) is 2.22. The lowest BCUT2D eigenvalue weighted by molar-refractivity contribution is 0.571. The molecule has 2 heterocycles. The fourth-order valence-electron chi connectivity index (χ4n) is 1.34. The monoisotopic (exact) mass is 292 g/mol. The van der Waals surface area contributed by atoms with E-state index in [1.165, 1.54) is 11.3 Å². The smallest absolute Gasteiger partial charge is 0.0991 e. The molecule has 86 valence electrons. The van der Waals surface area contributed by atoms with Gasteiger partial charge in [0.25, 0.3) is 0 Å². The fourth-order valence-corrected chi connectivity index (χ4v) is 3.54. The predicted octanol–water partition coefficient (Wildman–Crippen LogP) is 4.36. The highest BCUT2D eigenvalue weighted by Gasteiger charge is 2.12. The minimum absolute atomic E-state index is 0.179. The van der Waals surface area contributed by atoms with Crippen molar-refractivity contribution >= 4 is 45.9 Å². The van der Waals surface area contributed by atoms with Gasteiger partial charge in [-0.15, -0.1) is 22.7 Å². The van der Waals surface area contributed by atoms with Crippen molar-refractivity contribution in [1.29, 1.82) is 0 Å². The Morgan fingerprint density at radius 2 is 2.31 bits per heavy atom. The molecule has 0 aliphatic carbocycles. The number of nitrogens with zero attached hydrogens (tertiary/aromatic N) is 1. The van der Waals surface area contributed by atoms with Gasteiger partial charge in [0.2, 0.25) is 0 Å². The van der Waals surface area contributed by atoms with Crippen LogP contribution in [0.4, 0.5) is 0 Å². The Labute approximate surface area is 112 Å². The van der Waals surface area contributed by atoms with E-state index in [0.29, 0.717) is 0 Å². The van der Waals surface area contributed by atoms with E-state index in [1.807, 2.05) is 17.0 Å². The summed E-state index contributed by atoms with van der Waals surface area (Å²) < 4.78 is 1.48. The maximum absolute atomic E-state index is 6.08. The maximum atomic E-state index is 6.08. The van der Waals surface area contributed by atoms with Crippen molar-refractivity contribution in [3.05, 3.63) is 36.9 Å². The number of halogens is 2. The first-order valence-corrected chi connectivity index (χ1v) is 7.23. The molecule has 0 saturated heterocycles. The molecule has 0 spiro atoms. The maximum Gasteiger partial charge on any atom is 0.0991 e. The third-order valence-corrected chi connectivity index (χ3v) is 4.38. The van der Waals surface area contributed by atoms with Gasteiger partial charge in [-0.3, -0.25) is 0 Å². The zero-order valence-electron chi connectivity index (χ0n) is 8.54. The molecule has 0 aliphatic rings. The van der Waals surface area contributed by atoms with Crippen molar-refractivity contribution in [3.63, 3.8) is 0 Å². The van der Waals surface area contributed by atoms with E-state index in [4.69, 9.17) is 23.2 Å². The summed E-state index contributed by atoms with van der Waals surface area (Å²) in [6, 6.07) is 2.09. The number of thiophene rings is 1. The normalized spacial score (nSPS) is 12.9. The van der Waals surface area contributed by atoms with Gasteiger partial charge in [0.1, 0.15) is 0 Å². The highest BCUT2D eigenvalue weighted by Crippen LogP contribution is 2.34. The van der Waals surface area contributed by atoms with E-state index in [2.05, 4.69) is 17.2 Å². The van der Waals surface area contributed by atoms with Gasteiger partial charge >= 0.3 is 0 Å². The number of aromatic nitrogens is 1. The van der Waals surface area contributed by atoms with Crippen LogP contribution in [0, 0.1) is 0 Å². The Hall–Kier alpha value is -0.130. The van der Waals surface area contributed by atoms with Crippen LogP contribution in [-0.4, -0.2) is 4.98 Å². The van der Waals surface area contributed by atoms with Gasteiger partial charge in [-0.25, -0.2) is 4.98 Å². The van der Waals surface area contributed by atoms with Crippen molar-refractivity contribution in [2.24, 2.45) is 0 Å². The van der Waals surface area contributed by atoms with Crippen LogP contribution < -0.4 is 5.32 Å². The largest absolute Gasteiger partial charge is 0.304 e. The predicted molar refractivity (Wildman–Crippen MR) is 71.7 cm³/mol. The molecule has 2 aromatic rings. The summed E-state index contributed by atoms with van der Waals surface area (Å²) in [5.41, 5.74) is 3.93. The van der Waals surface area contributed by atoms with Crippen LogP contribution in [0.2, 0.25) is 8.67 Å². The van der Waals surface area contributed by atoms with Gasteiger partial charge in [0.15, 0.2) is 0 Å². The minimum atomic E-state index is 0.179. The third kappa shape index (κ3) is 2.96. The van der Waals surface area contributed by atoms with Crippen molar-refractivity contribution < 1.29 is 0 Å². The molecule has 2 nitrogen and oxygen atoms in total. The summed E-state index contributed by atoms with van der Waals surface area (Å²) in [5.74, 6) is 0. The van der Waals surface area contributed by atoms with Gasteiger partial charge in [-0.1, -0.05) is 23.2 Å². The van der Waals surface area contributed by atoms with Crippen LogP contribution in [0.15, 0.2) is 17.0 Å². The summed E-state index contributed by atoms with van der Waals surface area (Å²) in [5, 5.41) is 5.39. The number of nitrogens with one attached hydrogen (secondary N) is 1. The second-order valence-corrected chi connectivity index (χ2v) is 6.37. The fraction of sp³-hybridized carbons (Fsp3) is 0.300. The number of thiazole rings is 1. The second kappa shape index (κ2) is 5.47. The summed E-state index contributed by atoms with van der Waals surface area (Å²) in [7, 11) is 0. The first-order valence-electron chi connectivity index (χ1n) is 4.72. The Morgan fingerprint density at radius 3 is 2.88 bits per heavy atom. The summed E-state index contributed by atoms with van der Waals surface area (Å²) in [6.07, 6.45) is 0. The number of hydrogen-bond acceptors (Lipinski definition) is 4. The topological polar surface area (TPSA) is 24.9 Å². The van der Waals surface area contributed by atoms with Crippen molar-refractivity contribution in [1.82, 2.24) is 10.3 Å². The van der Waals surface area contributed by atoms with Crippen LogP contribution in [0.5, 0.6) is 0 Å². The van der Waals surface area contributed by atoms with Crippen molar-refractivity contribution in [2.75, 3.05) is 0 Å². The highest BCUT2D eigenvalue weighted by atomic mass is 35.5. The SMILES string of the molecule is CC(NCc1cscn1)c1cc(Cl)sc1Cl. The van der Waals surface area contributed by atoms with E-state index < -0.39 is 0 Å². The first-order chi connectivity index (χ1) is 7.66. The van der Waals surface area contributed by atoms with Crippen LogP contribution in [-0.2, 0) is 6.54 Å². The lowest BCUT2D eigenvalue weighted by atomic mass is 10.2. The minimum Gasteiger partial charge on any atom is -0.304 e. The van der Waals surface area contributed by atoms with E-state index >= 15 is 0 Å². The standard InChI is InChI=1S/C10H10Cl2N2S2/c1-6(8-2-9(11)16-10(8)12)13-3-7-4-15-5-14-7/h2,4-6,13H,3H2,1H3. The van der Waals surface area contributed by atoms with Crippen LogP contribution in [0.3, 0.4) is 0 Å². The molecule has 2 rings (SSSR count). The average Bonchev–Trinajstić information content (AvgIpc) is 2.84. The molecule has 0 amide bonds. The Kier molecular flexibility index (Phi) is 4.21. The Morgan fingerprint density at radius 1 is 1.50 bits per heavy atom. The van der Waals surface area contributed by atoms with E-state index in [0.717, 1.165) is 26.5 Å². The molecule has 1 unspecified atom stereocenters. The quantitative estimate of drug-likeness (QED) is 0.905.